The Hall–Kier alpha value is -3.42. The quantitative estimate of drug-likeness (QED) is 0.405. The second-order valence-corrected chi connectivity index (χ2v) is 9.06. The lowest BCUT2D eigenvalue weighted by Gasteiger charge is -2.09. The second kappa shape index (κ2) is 8.75. The summed E-state index contributed by atoms with van der Waals surface area (Å²) < 4.78 is 28.0. The zero-order valence-corrected chi connectivity index (χ0v) is 17.9. The first-order valence-corrected chi connectivity index (χ1v) is 11.4. The highest BCUT2D eigenvalue weighted by atomic mass is 32.2. The van der Waals surface area contributed by atoms with Crippen molar-refractivity contribution in [3.63, 3.8) is 0 Å². The van der Waals surface area contributed by atoms with Crippen LogP contribution in [0, 0.1) is 0 Å². The number of para-hydroxylation sites is 1. The highest BCUT2D eigenvalue weighted by Crippen LogP contribution is 2.24. The van der Waals surface area contributed by atoms with E-state index in [-0.39, 0.29) is 10.8 Å². The minimum atomic E-state index is -3.61. The molecular weight excluding hydrogens is 410 g/mol. The van der Waals surface area contributed by atoms with Crippen LogP contribution in [-0.4, -0.2) is 25.9 Å². The number of aromatic nitrogens is 1. The van der Waals surface area contributed by atoms with E-state index < -0.39 is 10.0 Å². The number of aromatic amines is 1. The zero-order valence-electron chi connectivity index (χ0n) is 17.1. The number of carbonyl (C=O) groups excluding carboxylic acids is 1. The number of fused-ring (bicyclic) bond motifs is 1. The molecule has 3 aromatic carbocycles. The van der Waals surface area contributed by atoms with Crippen molar-refractivity contribution in [3.8, 4) is 11.1 Å². The van der Waals surface area contributed by atoms with Gasteiger partial charge in [0.25, 0.3) is 0 Å². The summed E-state index contributed by atoms with van der Waals surface area (Å²) in [6, 6.07) is 22.1. The maximum atomic E-state index is 12.7. The number of carbonyl (C=O) groups is 1. The van der Waals surface area contributed by atoms with Gasteiger partial charge in [0.15, 0.2) is 0 Å². The molecule has 0 bridgehead atoms. The first-order chi connectivity index (χ1) is 14.9. The number of nitrogens with one attached hydrogen (secondary N) is 3. The average molecular weight is 434 g/mol. The van der Waals surface area contributed by atoms with Crippen LogP contribution in [0.4, 0.5) is 5.69 Å². The molecule has 6 nitrogen and oxygen atoms in total. The summed E-state index contributed by atoms with van der Waals surface area (Å²) >= 11 is 0. The van der Waals surface area contributed by atoms with Gasteiger partial charge in [0.1, 0.15) is 0 Å². The predicted octanol–water partition coefficient (Wildman–Crippen LogP) is 4.31. The third-order valence-electron chi connectivity index (χ3n) is 5.04. The summed E-state index contributed by atoms with van der Waals surface area (Å²) in [5, 5.41) is 3.85. The van der Waals surface area contributed by atoms with Gasteiger partial charge in [-0.25, -0.2) is 13.1 Å². The monoisotopic (exact) mass is 433 g/mol. The number of amides is 1. The van der Waals surface area contributed by atoms with Crippen LogP contribution in [0.25, 0.3) is 22.0 Å². The first kappa shape index (κ1) is 20.8. The fraction of sp³-hybridized carbons (Fsp3) is 0.125. The van der Waals surface area contributed by atoms with E-state index >= 15 is 0 Å². The molecule has 4 aromatic rings. The summed E-state index contributed by atoms with van der Waals surface area (Å²) in [6.45, 7) is 1.77. The van der Waals surface area contributed by atoms with E-state index in [2.05, 4.69) is 15.0 Å². The van der Waals surface area contributed by atoms with E-state index in [0.29, 0.717) is 18.7 Å². The van der Waals surface area contributed by atoms with Crippen LogP contribution in [0.2, 0.25) is 0 Å². The molecule has 3 N–H and O–H groups in total. The smallest absolute Gasteiger partial charge is 0.240 e. The maximum Gasteiger partial charge on any atom is 0.240 e. The lowest BCUT2D eigenvalue weighted by Crippen LogP contribution is -2.25. The molecule has 0 radical (unpaired) electrons. The van der Waals surface area contributed by atoms with E-state index in [1.165, 1.54) is 6.92 Å². The molecule has 0 aliphatic rings. The summed E-state index contributed by atoms with van der Waals surface area (Å²) in [5.41, 5.74) is 4.57. The van der Waals surface area contributed by atoms with Crippen LogP contribution in [-0.2, 0) is 21.2 Å². The minimum absolute atomic E-state index is 0.141. The van der Waals surface area contributed by atoms with Crippen molar-refractivity contribution < 1.29 is 13.2 Å². The number of sulfonamides is 1. The molecule has 31 heavy (non-hydrogen) atoms. The Morgan fingerprint density at radius 2 is 1.71 bits per heavy atom. The predicted molar refractivity (Wildman–Crippen MR) is 123 cm³/mol. The average Bonchev–Trinajstić information content (AvgIpc) is 3.17. The van der Waals surface area contributed by atoms with Gasteiger partial charge in [-0.3, -0.25) is 4.79 Å². The second-order valence-electron chi connectivity index (χ2n) is 7.29. The Morgan fingerprint density at radius 3 is 2.48 bits per heavy atom. The SMILES string of the molecule is CC(=O)Nc1cccc(-c2ccc(S(=O)(=O)NCCc3c[nH]c4ccccc34)cc2)c1. The number of rotatable bonds is 7. The van der Waals surface area contributed by atoms with Crippen molar-refractivity contribution in [1.82, 2.24) is 9.71 Å². The molecule has 1 aromatic heterocycles. The highest BCUT2D eigenvalue weighted by Gasteiger charge is 2.14. The minimum Gasteiger partial charge on any atom is -0.361 e. The van der Waals surface area contributed by atoms with Gasteiger partial charge in [-0.2, -0.15) is 0 Å². The van der Waals surface area contributed by atoms with Crippen LogP contribution in [0.3, 0.4) is 0 Å². The normalized spacial score (nSPS) is 11.5. The topological polar surface area (TPSA) is 91.1 Å². The highest BCUT2D eigenvalue weighted by molar-refractivity contribution is 7.89. The maximum absolute atomic E-state index is 12.7. The van der Waals surface area contributed by atoms with Gasteiger partial charge >= 0.3 is 0 Å². The molecule has 4 rings (SSSR count). The Morgan fingerprint density at radius 1 is 0.935 bits per heavy atom. The van der Waals surface area contributed by atoms with Crippen LogP contribution in [0.15, 0.2) is 83.9 Å². The lowest BCUT2D eigenvalue weighted by molar-refractivity contribution is -0.114. The van der Waals surface area contributed by atoms with Crippen LogP contribution < -0.4 is 10.0 Å². The zero-order chi connectivity index (χ0) is 21.8. The molecular formula is C24H23N3O3S. The molecule has 0 aliphatic carbocycles. The Kier molecular flexibility index (Phi) is 5.88. The van der Waals surface area contributed by atoms with Crippen molar-refractivity contribution in [2.45, 2.75) is 18.2 Å². The molecule has 0 saturated carbocycles. The van der Waals surface area contributed by atoms with Crippen LogP contribution in [0.5, 0.6) is 0 Å². The molecule has 1 amide bonds. The molecule has 0 fully saturated rings. The number of hydrogen-bond donors (Lipinski definition) is 3. The van der Waals surface area contributed by atoms with Crippen molar-refractivity contribution in [2.75, 3.05) is 11.9 Å². The Balaban J connectivity index is 1.43. The van der Waals surface area contributed by atoms with E-state index in [4.69, 9.17) is 0 Å². The third kappa shape index (κ3) is 4.84. The standard InChI is InChI=1S/C24H23N3O3S/c1-17(28)27-21-6-4-5-19(15-21)18-9-11-22(12-10-18)31(29,30)26-14-13-20-16-25-24-8-3-2-7-23(20)24/h2-12,15-16,25-26H,13-14H2,1H3,(H,27,28). The van der Waals surface area contributed by atoms with Gasteiger partial charge in [-0.1, -0.05) is 42.5 Å². The van der Waals surface area contributed by atoms with Crippen molar-refractivity contribution in [3.05, 3.63) is 84.6 Å². The van der Waals surface area contributed by atoms with Gasteiger partial charge in [0, 0.05) is 36.3 Å². The number of hydrogen-bond acceptors (Lipinski definition) is 3. The molecule has 1 heterocycles. The van der Waals surface area contributed by atoms with Gasteiger partial charge < -0.3 is 10.3 Å². The van der Waals surface area contributed by atoms with E-state index in [0.717, 1.165) is 27.6 Å². The molecule has 7 heteroatoms. The summed E-state index contributed by atoms with van der Waals surface area (Å²) in [4.78, 5) is 14.7. The Bertz CT molecular complexity index is 1330. The Labute approximate surface area is 181 Å². The number of anilines is 1. The molecule has 0 unspecified atom stereocenters. The summed E-state index contributed by atoms with van der Waals surface area (Å²) in [7, 11) is -3.61. The van der Waals surface area contributed by atoms with Gasteiger partial charge in [-0.05, 0) is 53.4 Å². The fourth-order valence-electron chi connectivity index (χ4n) is 3.55. The summed E-state index contributed by atoms with van der Waals surface area (Å²) in [5.74, 6) is -0.141. The van der Waals surface area contributed by atoms with E-state index in [1.807, 2.05) is 48.7 Å². The third-order valence-corrected chi connectivity index (χ3v) is 6.52. The first-order valence-electron chi connectivity index (χ1n) is 9.95. The van der Waals surface area contributed by atoms with Crippen molar-refractivity contribution in [2.24, 2.45) is 0 Å². The van der Waals surface area contributed by atoms with Gasteiger partial charge in [0.2, 0.25) is 15.9 Å². The fourth-order valence-corrected chi connectivity index (χ4v) is 4.58. The van der Waals surface area contributed by atoms with Crippen LogP contribution in [0.1, 0.15) is 12.5 Å². The lowest BCUT2D eigenvalue weighted by atomic mass is 10.1. The number of benzene rings is 3. The van der Waals surface area contributed by atoms with Crippen molar-refractivity contribution >= 4 is 32.5 Å². The van der Waals surface area contributed by atoms with E-state index in [9.17, 15) is 13.2 Å². The number of H-pyrrole nitrogens is 1. The molecule has 0 saturated heterocycles. The molecule has 0 spiro atoms. The summed E-state index contributed by atoms with van der Waals surface area (Å²) in [6.07, 6.45) is 2.51. The van der Waals surface area contributed by atoms with Gasteiger partial charge in [0.05, 0.1) is 4.90 Å². The molecule has 158 valence electrons. The molecule has 0 aliphatic heterocycles. The van der Waals surface area contributed by atoms with Crippen LogP contribution >= 0.6 is 0 Å². The largest absolute Gasteiger partial charge is 0.361 e. The molecule has 0 atom stereocenters. The van der Waals surface area contributed by atoms with Gasteiger partial charge in [-0.15, -0.1) is 0 Å². The van der Waals surface area contributed by atoms with E-state index in [1.54, 1.807) is 30.3 Å². The van der Waals surface area contributed by atoms with Crippen molar-refractivity contribution in [1.29, 1.82) is 0 Å².